The number of halogens is 1. The van der Waals surface area contributed by atoms with E-state index in [1.807, 2.05) is 0 Å². The fourth-order valence-corrected chi connectivity index (χ4v) is 3.78. The summed E-state index contributed by atoms with van der Waals surface area (Å²) in [7, 11) is 0. The first kappa shape index (κ1) is 20.0. The van der Waals surface area contributed by atoms with Crippen molar-refractivity contribution in [3.8, 4) is 11.5 Å². The SMILES string of the molecule is CC(=O)Oc1cc(F)ccc1O[C@H]1C[C@@H](n2ccc3c(C)[n+]([O-])cnc32)[C@H](O)[C@@H]1O. The number of hydrogen-bond donors (Lipinski definition) is 2. The van der Waals surface area contributed by atoms with Crippen LogP contribution in [0.3, 0.4) is 0 Å². The van der Waals surface area contributed by atoms with Crippen LogP contribution in [0.2, 0.25) is 0 Å². The first-order valence-corrected chi connectivity index (χ1v) is 9.32. The molecule has 2 N–H and O–H groups in total. The second-order valence-corrected chi connectivity index (χ2v) is 7.24. The van der Waals surface area contributed by atoms with Gasteiger partial charge in [-0.2, -0.15) is 0 Å². The molecule has 0 amide bonds. The maximum Gasteiger partial charge on any atom is 0.308 e. The summed E-state index contributed by atoms with van der Waals surface area (Å²) in [6, 6.07) is 4.59. The summed E-state index contributed by atoms with van der Waals surface area (Å²) in [5, 5.41) is 33.5. The second-order valence-electron chi connectivity index (χ2n) is 7.24. The van der Waals surface area contributed by atoms with Crippen LogP contribution in [-0.4, -0.2) is 44.0 Å². The van der Waals surface area contributed by atoms with Crippen molar-refractivity contribution in [1.29, 1.82) is 0 Å². The number of hydrogen-bond acceptors (Lipinski definition) is 7. The van der Waals surface area contributed by atoms with Gasteiger partial charge < -0.3 is 29.5 Å². The molecular formula is C20H20FN3O6. The van der Waals surface area contributed by atoms with E-state index in [9.17, 15) is 24.6 Å². The predicted octanol–water partition coefficient (Wildman–Crippen LogP) is 1.16. The fraction of sp³-hybridized carbons (Fsp3) is 0.350. The smallest absolute Gasteiger partial charge is 0.308 e. The zero-order chi connectivity index (χ0) is 21.6. The highest BCUT2D eigenvalue weighted by Crippen LogP contribution is 2.38. The minimum absolute atomic E-state index is 0.0715. The normalized spacial score (nSPS) is 23.6. The van der Waals surface area contributed by atoms with Gasteiger partial charge in [-0.1, -0.05) is 0 Å². The van der Waals surface area contributed by atoms with Gasteiger partial charge in [-0.3, -0.25) is 4.79 Å². The van der Waals surface area contributed by atoms with Crippen LogP contribution in [0.25, 0.3) is 11.0 Å². The average molecular weight is 417 g/mol. The summed E-state index contributed by atoms with van der Waals surface area (Å²) in [4.78, 5) is 15.4. The van der Waals surface area contributed by atoms with Crippen molar-refractivity contribution in [3.63, 3.8) is 0 Å². The molecule has 10 heteroatoms. The van der Waals surface area contributed by atoms with Crippen molar-refractivity contribution in [1.82, 2.24) is 9.55 Å². The lowest BCUT2D eigenvalue weighted by atomic mass is 10.2. The van der Waals surface area contributed by atoms with Crippen molar-refractivity contribution in [2.75, 3.05) is 0 Å². The third kappa shape index (κ3) is 3.44. The van der Waals surface area contributed by atoms with Crippen LogP contribution < -0.4 is 14.2 Å². The van der Waals surface area contributed by atoms with Crippen molar-refractivity contribution >= 4 is 17.0 Å². The van der Waals surface area contributed by atoms with E-state index in [4.69, 9.17) is 9.47 Å². The van der Waals surface area contributed by atoms with Gasteiger partial charge in [0.1, 0.15) is 29.8 Å². The Hall–Kier alpha value is -3.24. The molecule has 3 aromatic rings. The maximum absolute atomic E-state index is 13.5. The Morgan fingerprint density at radius 3 is 2.80 bits per heavy atom. The Labute approximate surface area is 170 Å². The number of nitrogens with zero attached hydrogens (tertiary/aromatic N) is 3. The molecule has 4 rings (SSSR count). The van der Waals surface area contributed by atoms with Gasteiger partial charge in [0.15, 0.2) is 11.5 Å². The maximum atomic E-state index is 13.5. The molecule has 2 heterocycles. The first-order valence-electron chi connectivity index (χ1n) is 9.32. The molecule has 1 aliphatic carbocycles. The van der Waals surface area contributed by atoms with Crippen LogP contribution in [-0.2, 0) is 4.79 Å². The predicted molar refractivity (Wildman–Crippen MR) is 101 cm³/mol. The van der Waals surface area contributed by atoms with Gasteiger partial charge in [0.05, 0.1) is 11.4 Å². The molecule has 0 bridgehead atoms. The molecular weight excluding hydrogens is 397 g/mol. The number of esters is 1. The minimum atomic E-state index is -1.25. The highest BCUT2D eigenvalue weighted by molar-refractivity contribution is 5.77. The standard InChI is InChI=1S/C20H20FN3O6/c1-10-13-5-6-23(20(13)22-9-24(10)28)14-8-17(19(27)18(14)26)30-15-4-3-12(21)7-16(15)29-11(2)25/h3-7,9,14,17-19,26-27H,8H2,1-2H3/t14-,17+,18+,19-/m1/s1. The quantitative estimate of drug-likeness (QED) is 0.283. The molecule has 2 aromatic heterocycles. The minimum Gasteiger partial charge on any atom is -0.711 e. The van der Waals surface area contributed by atoms with E-state index in [1.165, 1.54) is 13.0 Å². The summed E-state index contributed by atoms with van der Waals surface area (Å²) in [6.07, 6.45) is -0.242. The molecule has 9 nitrogen and oxygen atoms in total. The Morgan fingerprint density at radius 1 is 1.30 bits per heavy atom. The molecule has 0 aliphatic heterocycles. The average Bonchev–Trinajstić information content (AvgIpc) is 3.23. The summed E-state index contributed by atoms with van der Waals surface area (Å²) >= 11 is 0. The van der Waals surface area contributed by atoms with E-state index in [2.05, 4.69) is 4.98 Å². The van der Waals surface area contributed by atoms with Gasteiger partial charge in [-0.15, -0.1) is 0 Å². The monoisotopic (exact) mass is 417 g/mol. The first-order chi connectivity index (χ1) is 14.3. The van der Waals surface area contributed by atoms with Gasteiger partial charge in [0.25, 0.3) is 12.0 Å². The molecule has 1 aromatic carbocycles. The Bertz CT molecular complexity index is 1120. The van der Waals surface area contributed by atoms with E-state index >= 15 is 0 Å². The third-order valence-corrected chi connectivity index (χ3v) is 5.29. The lowest BCUT2D eigenvalue weighted by Crippen LogP contribution is -2.34. The lowest BCUT2D eigenvalue weighted by molar-refractivity contribution is -0.613. The summed E-state index contributed by atoms with van der Waals surface area (Å²) in [5.41, 5.74) is 0.968. The number of benzene rings is 1. The molecule has 158 valence electrons. The highest BCUT2D eigenvalue weighted by Gasteiger charge is 2.45. The Balaban J connectivity index is 1.62. The summed E-state index contributed by atoms with van der Waals surface area (Å²) < 4.78 is 26.7. The molecule has 0 radical (unpaired) electrons. The molecule has 0 unspecified atom stereocenters. The van der Waals surface area contributed by atoms with Gasteiger partial charge in [0.2, 0.25) is 0 Å². The summed E-state index contributed by atoms with van der Waals surface area (Å²) in [6.45, 7) is 2.84. The fourth-order valence-electron chi connectivity index (χ4n) is 3.78. The van der Waals surface area contributed by atoms with Gasteiger partial charge in [-0.05, 0) is 30.1 Å². The zero-order valence-corrected chi connectivity index (χ0v) is 16.2. The molecule has 1 fully saturated rings. The van der Waals surface area contributed by atoms with Crippen molar-refractivity contribution in [3.05, 3.63) is 53.5 Å². The van der Waals surface area contributed by atoms with Crippen LogP contribution in [0.4, 0.5) is 4.39 Å². The topological polar surface area (TPSA) is 121 Å². The molecule has 30 heavy (non-hydrogen) atoms. The number of fused-ring (bicyclic) bond motifs is 1. The van der Waals surface area contributed by atoms with Crippen LogP contribution in [0, 0.1) is 17.9 Å². The van der Waals surface area contributed by atoms with E-state index in [0.29, 0.717) is 21.5 Å². The zero-order valence-electron chi connectivity index (χ0n) is 16.2. The Kier molecular flexibility index (Phi) is 5.04. The highest BCUT2D eigenvalue weighted by atomic mass is 19.1. The van der Waals surface area contributed by atoms with Gasteiger partial charge >= 0.3 is 5.97 Å². The number of rotatable bonds is 4. The lowest BCUT2D eigenvalue weighted by Gasteiger charge is -2.19. The van der Waals surface area contributed by atoms with Crippen molar-refractivity contribution < 1.29 is 33.6 Å². The number of ether oxygens (including phenoxy) is 2. The van der Waals surface area contributed by atoms with Crippen molar-refractivity contribution in [2.45, 2.75) is 44.6 Å². The molecule has 1 saturated carbocycles. The molecule has 0 spiro atoms. The number of aliphatic hydroxyl groups excluding tert-OH is 2. The summed E-state index contributed by atoms with van der Waals surface area (Å²) in [5.74, 6) is -1.30. The largest absolute Gasteiger partial charge is 0.711 e. The van der Waals surface area contributed by atoms with Crippen LogP contribution in [0.5, 0.6) is 11.5 Å². The van der Waals surface area contributed by atoms with E-state index in [1.54, 1.807) is 23.8 Å². The van der Waals surface area contributed by atoms with Crippen LogP contribution in [0.15, 0.2) is 36.8 Å². The number of carbonyl (C=O) groups excluding carboxylic acids is 1. The molecule has 4 atom stereocenters. The van der Waals surface area contributed by atoms with Gasteiger partial charge in [0, 0.05) is 25.6 Å². The van der Waals surface area contributed by atoms with Crippen LogP contribution in [0.1, 0.15) is 25.1 Å². The third-order valence-electron chi connectivity index (χ3n) is 5.29. The Morgan fingerprint density at radius 2 is 2.07 bits per heavy atom. The van der Waals surface area contributed by atoms with E-state index < -0.39 is 36.1 Å². The van der Waals surface area contributed by atoms with Crippen LogP contribution >= 0.6 is 0 Å². The molecule has 0 saturated heterocycles. The van der Waals surface area contributed by atoms with Gasteiger partial charge in [-0.25, -0.2) is 9.12 Å². The van der Waals surface area contributed by atoms with Crippen molar-refractivity contribution in [2.24, 2.45) is 0 Å². The number of aromatic nitrogens is 3. The van der Waals surface area contributed by atoms with E-state index in [-0.39, 0.29) is 17.9 Å². The number of carbonyl (C=O) groups is 1. The second kappa shape index (κ2) is 7.54. The number of aryl methyl sites for hydroxylation is 1. The number of aliphatic hydroxyl groups is 2. The van der Waals surface area contributed by atoms with E-state index in [0.717, 1.165) is 18.5 Å². The molecule has 1 aliphatic rings.